The topological polar surface area (TPSA) is 179 Å². The van der Waals surface area contributed by atoms with Crippen LogP contribution in [0.3, 0.4) is 0 Å². The second-order valence-electron chi connectivity index (χ2n) is 12.1. The molecule has 2 saturated carbocycles. The zero-order valence-corrected chi connectivity index (χ0v) is 25.7. The van der Waals surface area contributed by atoms with Crippen LogP contribution < -0.4 is 15.4 Å². The predicted molar refractivity (Wildman–Crippen MR) is 165 cm³/mol. The van der Waals surface area contributed by atoms with Crippen molar-refractivity contribution in [3.8, 4) is 28.5 Å². The Morgan fingerprint density at radius 3 is 2.60 bits per heavy atom. The number of aromatic nitrogens is 7. The lowest BCUT2D eigenvalue weighted by molar-refractivity contribution is 0.0196. The molecule has 1 atom stereocenters. The molecule has 0 amide bonds. The third-order valence-corrected chi connectivity index (χ3v) is 10.4. The van der Waals surface area contributed by atoms with Gasteiger partial charge in [-0.25, -0.2) is 33.3 Å². The fourth-order valence-electron chi connectivity index (χ4n) is 5.52. The smallest absolute Gasteiger partial charge is 0.256 e. The van der Waals surface area contributed by atoms with Crippen LogP contribution >= 0.6 is 0 Å². The summed E-state index contributed by atoms with van der Waals surface area (Å²) in [7, 11) is -3.49. The Bertz CT molecular complexity index is 1760. The van der Waals surface area contributed by atoms with Gasteiger partial charge in [-0.3, -0.25) is 0 Å². The van der Waals surface area contributed by atoms with Gasteiger partial charge in [0.15, 0.2) is 5.82 Å². The first kappa shape index (κ1) is 29.5. The molecule has 0 spiro atoms. The minimum atomic E-state index is -3.49. The van der Waals surface area contributed by atoms with Gasteiger partial charge in [-0.2, -0.15) is 9.19 Å². The zero-order valence-electron chi connectivity index (χ0n) is 24.8. The molecule has 5 heterocycles. The maximum atomic E-state index is 12.6. The molecule has 0 radical (unpaired) electrons. The Morgan fingerprint density at radius 2 is 1.87 bits per heavy atom. The summed E-state index contributed by atoms with van der Waals surface area (Å²) >= 11 is 0. The van der Waals surface area contributed by atoms with Gasteiger partial charge < -0.3 is 25.2 Å². The van der Waals surface area contributed by atoms with Gasteiger partial charge >= 0.3 is 0 Å². The van der Waals surface area contributed by atoms with Crippen molar-refractivity contribution < 1.29 is 23.0 Å². The number of anilines is 3. The standard InChI is InChI=1S/C30H35N9O5S/c1-30(40)8-4-20(5-9-30)36-24-12-27(33-14-23(24)25-15-34-28(16-32-25)44-21-7-11-43-18-21)37-26-6-10-31-29(38-26)19-13-35-39(17-19)45(41,42)22-2-3-22/h6,10,12-17,20-22,40H,2-5,7-9,11,18H2,1H3,(H2,31,33,36,37,38). The van der Waals surface area contributed by atoms with Crippen LogP contribution in [-0.2, 0) is 14.8 Å². The van der Waals surface area contributed by atoms with Crippen molar-refractivity contribution in [1.29, 1.82) is 0 Å². The summed E-state index contributed by atoms with van der Waals surface area (Å²) in [5.41, 5.74) is 2.06. The van der Waals surface area contributed by atoms with E-state index in [0.29, 0.717) is 73.5 Å². The molecule has 1 aliphatic heterocycles. The van der Waals surface area contributed by atoms with E-state index in [9.17, 15) is 13.5 Å². The summed E-state index contributed by atoms with van der Waals surface area (Å²) < 4.78 is 37.4. The highest BCUT2D eigenvalue weighted by atomic mass is 32.2. The Hall–Kier alpha value is -4.21. The summed E-state index contributed by atoms with van der Waals surface area (Å²) in [6.07, 6.45) is 14.7. The largest absolute Gasteiger partial charge is 0.471 e. The van der Waals surface area contributed by atoms with Crippen LogP contribution in [0.2, 0.25) is 0 Å². The van der Waals surface area contributed by atoms with E-state index in [1.54, 1.807) is 30.9 Å². The van der Waals surface area contributed by atoms with Gasteiger partial charge in [0.2, 0.25) is 5.88 Å². The number of nitrogens with one attached hydrogen (secondary N) is 2. The number of hydrogen-bond acceptors (Lipinski definition) is 13. The number of rotatable bonds is 10. The molecule has 14 nitrogen and oxygen atoms in total. The van der Waals surface area contributed by atoms with Gasteiger partial charge in [-0.15, -0.1) is 0 Å². The van der Waals surface area contributed by atoms with Crippen molar-refractivity contribution in [1.82, 2.24) is 34.1 Å². The molecule has 3 fully saturated rings. The van der Waals surface area contributed by atoms with Gasteiger partial charge in [0, 0.05) is 42.2 Å². The van der Waals surface area contributed by atoms with Crippen molar-refractivity contribution in [3.63, 3.8) is 0 Å². The van der Waals surface area contributed by atoms with Crippen molar-refractivity contribution in [3.05, 3.63) is 49.3 Å². The Balaban J connectivity index is 1.13. The van der Waals surface area contributed by atoms with E-state index in [1.165, 1.54) is 12.4 Å². The molecule has 1 saturated heterocycles. The molecule has 45 heavy (non-hydrogen) atoms. The molecule has 1 unspecified atom stereocenters. The number of hydrogen-bond donors (Lipinski definition) is 3. The van der Waals surface area contributed by atoms with Crippen LogP contribution in [0.5, 0.6) is 5.88 Å². The highest BCUT2D eigenvalue weighted by Crippen LogP contribution is 2.34. The predicted octanol–water partition coefficient (Wildman–Crippen LogP) is 3.55. The van der Waals surface area contributed by atoms with Crippen molar-refractivity contribution in [2.45, 2.75) is 74.9 Å². The first-order valence-corrected chi connectivity index (χ1v) is 16.7. The maximum Gasteiger partial charge on any atom is 0.256 e. The summed E-state index contributed by atoms with van der Waals surface area (Å²) in [6, 6.07) is 3.76. The molecule has 3 N–H and O–H groups in total. The van der Waals surface area contributed by atoms with Crippen LogP contribution in [0.15, 0.2) is 49.3 Å². The highest BCUT2D eigenvalue weighted by molar-refractivity contribution is 7.90. The fourth-order valence-corrected chi connectivity index (χ4v) is 7.00. The maximum absolute atomic E-state index is 12.6. The van der Waals surface area contributed by atoms with Gasteiger partial charge in [0.1, 0.15) is 17.7 Å². The van der Waals surface area contributed by atoms with Crippen LogP contribution in [0.4, 0.5) is 17.3 Å². The average Bonchev–Trinajstić information content (AvgIpc) is 3.55. The SMILES string of the molecule is CC1(O)CCC(Nc2cc(Nc3ccnc(-c4cnn(S(=O)(=O)C5CC5)c4)n3)ncc2-c2cnc(OC3CCOC3)cn2)CC1. The molecule has 0 aromatic carbocycles. The van der Waals surface area contributed by atoms with Crippen LogP contribution in [0, 0.1) is 0 Å². The molecule has 4 aromatic rings. The van der Waals surface area contributed by atoms with Crippen molar-refractivity contribution in [2.24, 2.45) is 0 Å². The minimum Gasteiger partial charge on any atom is -0.471 e. The van der Waals surface area contributed by atoms with Gasteiger partial charge in [0.25, 0.3) is 10.0 Å². The van der Waals surface area contributed by atoms with Crippen LogP contribution in [0.1, 0.15) is 51.9 Å². The Labute approximate surface area is 260 Å². The van der Waals surface area contributed by atoms with E-state index in [0.717, 1.165) is 34.6 Å². The Morgan fingerprint density at radius 1 is 1.02 bits per heavy atom. The van der Waals surface area contributed by atoms with E-state index in [-0.39, 0.29) is 17.4 Å². The van der Waals surface area contributed by atoms with E-state index in [2.05, 4.69) is 40.7 Å². The van der Waals surface area contributed by atoms with Crippen molar-refractivity contribution in [2.75, 3.05) is 23.8 Å². The zero-order chi connectivity index (χ0) is 31.0. The van der Waals surface area contributed by atoms with E-state index < -0.39 is 15.6 Å². The first-order chi connectivity index (χ1) is 21.7. The average molecular weight is 634 g/mol. The summed E-state index contributed by atoms with van der Waals surface area (Å²) in [6.45, 7) is 3.11. The second-order valence-corrected chi connectivity index (χ2v) is 14.2. The van der Waals surface area contributed by atoms with Gasteiger partial charge in [-0.05, 0) is 51.5 Å². The highest BCUT2D eigenvalue weighted by Gasteiger charge is 2.37. The molecular weight excluding hydrogens is 598 g/mol. The third-order valence-electron chi connectivity index (χ3n) is 8.34. The lowest BCUT2D eigenvalue weighted by Gasteiger charge is -2.34. The number of aliphatic hydroxyl groups is 1. The van der Waals surface area contributed by atoms with Gasteiger partial charge in [-0.1, -0.05) is 0 Å². The minimum absolute atomic E-state index is 0.0211. The number of ether oxygens (including phenoxy) is 2. The molecule has 4 aromatic heterocycles. The van der Waals surface area contributed by atoms with Crippen LogP contribution in [0.25, 0.3) is 22.6 Å². The van der Waals surface area contributed by atoms with E-state index >= 15 is 0 Å². The summed E-state index contributed by atoms with van der Waals surface area (Å²) in [5.74, 6) is 1.80. The summed E-state index contributed by atoms with van der Waals surface area (Å²) in [5, 5.41) is 21.0. The number of pyridine rings is 1. The monoisotopic (exact) mass is 633 g/mol. The molecule has 2 aliphatic carbocycles. The molecule has 0 bridgehead atoms. The molecule has 3 aliphatic rings. The second kappa shape index (κ2) is 11.9. The fraction of sp³-hybridized carbons (Fsp3) is 0.467. The third kappa shape index (κ3) is 6.74. The molecular formula is C30H35N9O5S. The molecule has 236 valence electrons. The van der Waals surface area contributed by atoms with Crippen molar-refractivity contribution >= 4 is 27.3 Å². The molecule has 15 heteroatoms. The van der Waals surface area contributed by atoms with E-state index in [1.807, 2.05) is 13.0 Å². The quantitative estimate of drug-likeness (QED) is 0.231. The van der Waals surface area contributed by atoms with E-state index in [4.69, 9.17) is 9.47 Å². The summed E-state index contributed by atoms with van der Waals surface area (Å²) in [4.78, 5) is 22.6. The van der Waals surface area contributed by atoms with Crippen LogP contribution in [-0.4, -0.2) is 83.8 Å². The lowest BCUT2D eigenvalue weighted by atomic mass is 9.83. The molecule has 7 rings (SSSR count). The number of nitrogens with zero attached hydrogens (tertiary/aromatic N) is 7. The van der Waals surface area contributed by atoms with Gasteiger partial charge in [0.05, 0.1) is 60.1 Å². The first-order valence-electron chi connectivity index (χ1n) is 15.2. The Kier molecular flexibility index (Phi) is 7.83. The lowest BCUT2D eigenvalue weighted by Crippen LogP contribution is -2.35. The normalized spacial score (nSPS) is 23.5.